The molecule has 1 fully saturated rings. The zero-order chi connectivity index (χ0) is 17.1. The van der Waals surface area contributed by atoms with Gasteiger partial charge in [-0.15, -0.1) is 0 Å². The second-order valence-corrected chi connectivity index (χ2v) is 7.07. The Morgan fingerprint density at radius 2 is 1.96 bits per heavy atom. The van der Waals surface area contributed by atoms with Crippen LogP contribution in [0.15, 0.2) is 18.2 Å². The Labute approximate surface area is 143 Å². The van der Waals surface area contributed by atoms with E-state index < -0.39 is 0 Å². The van der Waals surface area contributed by atoms with E-state index in [9.17, 15) is 0 Å². The Morgan fingerprint density at radius 3 is 2.67 bits per heavy atom. The molecule has 1 aromatic carbocycles. The van der Waals surface area contributed by atoms with Crippen molar-refractivity contribution in [3.63, 3.8) is 0 Å². The zero-order valence-corrected chi connectivity index (χ0v) is 14.5. The van der Waals surface area contributed by atoms with Gasteiger partial charge in [-0.05, 0) is 49.9 Å². The van der Waals surface area contributed by atoms with E-state index in [4.69, 9.17) is 16.2 Å². The summed E-state index contributed by atoms with van der Waals surface area (Å²) in [6, 6.07) is 5.71. The van der Waals surface area contributed by atoms with Crippen LogP contribution in [0.25, 0.3) is 10.9 Å². The molecule has 0 aliphatic carbocycles. The highest BCUT2D eigenvalue weighted by Gasteiger charge is 2.20. The molecule has 130 valence electrons. The molecule has 1 aromatic heterocycles. The number of nitrogens with two attached hydrogens (primary N) is 2. The molecular formula is C18H27N5O. The number of anilines is 2. The molecule has 0 bridgehead atoms. The number of hydrogen-bond acceptors (Lipinski definition) is 6. The lowest BCUT2D eigenvalue weighted by Gasteiger charge is -2.32. The van der Waals surface area contributed by atoms with E-state index in [1.807, 2.05) is 18.2 Å². The lowest BCUT2D eigenvalue weighted by Crippen LogP contribution is -2.37. The van der Waals surface area contributed by atoms with E-state index in [0.717, 1.165) is 35.7 Å². The van der Waals surface area contributed by atoms with Crippen molar-refractivity contribution in [2.24, 2.45) is 11.8 Å². The molecular weight excluding hydrogens is 302 g/mol. The second-order valence-electron chi connectivity index (χ2n) is 7.07. The first-order valence-corrected chi connectivity index (χ1v) is 8.69. The minimum Gasteiger partial charge on any atom is -0.492 e. The highest BCUT2D eigenvalue weighted by atomic mass is 16.5. The largest absolute Gasteiger partial charge is 0.492 e. The number of rotatable bonds is 5. The smallest absolute Gasteiger partial charge is 0.222 e. The number of ether oxygens (including phenoxy) is 1. The average Bonchev–Trinajstić information content (AvgIpc) is 2.53. The maximum absolute atomic E-state index is 6.08. The normalized spacial score (nSPS) is 16.8. The molecule has 0 atom stereocenters. The maximum Gasteiger partial charge on any atom is 0.222 e. The predicted octanol–water partition coefficient (Wildman–Crippen LogP) is 2.54. The Kier molecular flexibility index (Phi) is 5.04. The summed E-state index contributed by atoms with van der Waals surface area (Å²) in [7, 11) is 0. The molecule has 2 heterocycles. The molecule has 4 N–H and O–H groups in total. The van der Waals surface area contributed by atoms with Crippen LogP contribution in [0.2, 0.25) is 0 Å². The summed E-state index contributed by atoms with van der Waals surface area (Å²) in [5.41, 5.74) is 12.4. The van der Waals surface area contributed by atoms with E-state index in [0.29, 0.717) is 18.3 Å². The summed E-state index contributed by atoms with van der Waals surface area (Å²) in [6.07, 6.45) is 2.35. The number of hydrogen-bond donors (Lipinski definition) is 2. The fraction of sp³-hybridized carbons (Fsp3) is 0.556. The number of nitrogens with zero attached hydrogens (tertiary/aromatic N) is 3. The van der Waals surface area contributed by atoms with Gasteiger partial charge in [0.15, 0.2) is 0 Å². The minimum absolute atomic E-state index is 0.190. The molecule has 1 saturated heterocycles. The van der Waals surface area contributed by atoms with Crippen LogP contribution in [-0.4, -0.2) is 41.1 Å². The second kappa shape index (κ2) is 7.21. The zero-order valence-electron chi connectivity index (χ0n) is 14.5. The van der Waals surface area contributed by atoms with Crippen LogP contribution in [0.1, 0.15) is 26.7 Å². The first kappa shape index (κ1) is 16.8. The van der Waals surface area contributed by atoms with Gasteiger partial charge >= 0.3 is 0 Å². The summed E-state index contributed by atoms with van der Waals surface area (Å²) in [4.78, 5) is 10.8. The molecule has 2 aromatic rings. The fourth-order valence-electron chi connectivity index (χ4n) is 3.38. The standard InChI is InChI=1S/C18H27N5O/c1-12(2)10-23-8-6-13(7-9-23)11-24-15-5-3-4-14-16(15)17(19)22-18(20)21-14/h3-5,12-13H,6-11H2,1-2H3,(H4,19,20,21,22). The van der Waals surface area contributed by atoms with Gasteiger partial charge in [-0.25, -0.2) is 4.98 Å². The van der Waals surface area contributed by atoms with Gasteiger partial charge in [0, 0.05) is 6.54 Å². The molecule has 3 rings (SSSR count). The number of piperidine rings is 1. The van der Waals surface area contributed by atoms with Crippen LogP contribution in [0.4, 0.5) is 11.8 Å². The van der Waals surface area contributed by atoms with E-state index >= 15 is 0 Å². The molecule has 6 nitrogen and oxygen atoms in total. The number of fused-ring (bicyclic) bond motifs is 1. The lowest BCUT2D eigenvalue weighted by molar-refractivity contribution is 0.132. The van der Waals surface area contributed by atoms with Gasteiger partial charge in [-0.1, -0.05) is 19.9 Å². The summed E-state index contributed by atoms with van der Waals surface area (Å²) >= 11 is 0. The highest BCUT2D eigenvalue weighted by Crippen LogP contribution is 2.30. The van der Waals surface area contributed by atoms with Gasteiger partial charge < -0.3 is 21.1 Å². The summed E-state index contributed by atoms with van der Waals surface area (Å²) < 4.78 is 6.08. The topological polar surface area (TPSA) is 90.3 Å². The van der Waals surface area contributed by atoms with E-state index in [2.05, 4.69) is 28.7 Å². The SMILES string of the molecule is CC(C)CN1CCC(COc2cccc3nc(N)nc(N)c23)CC1. The maximum atomic E-state index is 6.08. The number of nitrogen functional groups attached to an aromatic ring is 2. The Morgan fingerprint density at radius 1 is 1.21 bits per heavy atom. The van der Waals surface area contributed by atoms with Gasteiger partial charge in [-0.3, -0.25) is 0 Å². The van der Waals surface area contributed by atoms with Crippen LogP contribution < -0.4 is 16.2 Å². The van der Waals surface area contributed by atoms with Crippen molar-refractivity contribution >= 4 is 22.7 Å². The monoisotopic (exact) mass is 329 g/mol. The van der Waals surface area contributed by atoms with Crippen molar-refractivity contribution in [1.82, 2.24) is 14.9 Å². The minimum atomic E-state index is 0.190. The van der Waals surface area contributed by atoms with Gasteiger partial charge in [0.1, 0.15) is 11.6 Å². The Bertz CT molecular complexity index is 695. The number of aromatic nitrogens is 2. The van der Waals surface area contributed by atoms with Gasteiger partial charge in [0.05, 0.1) is 17.5 Å². The van der Waals surface area contributed by atoms with E-state index in [-0.39, 0.29) is 5.95 Å². The molecule has 0 radical (unpaired) electrons. The first-order chi connectivity index (χ1) is 11.5. The van der Waals surface area contributed by atoms with Crippen LogP contribution in [0.5, 0.6) is 5.75 Å². The molecule has 24 heavy (non-hydrogen) atoms. The fourth-order valence-corrected chi connectivity index (χ4v) is 3.38. The van der Waals surface area contributed by atoms with E-state index in [1.54, 1.807) is 0 Å². The third-order valence-electron chi connectivity index (χ3n) is 4.54. The van der Waals surface area contributed by atoms with Crippen molar-refractivity contribution in [3.05, 3.63) is 18.2 Å². The summed E-state index contributed by atoms with van der Waals surface area (Å²) in [5.74, 6) is 2.62. The average molecular weight is 329 g/mol. The summed E-state index contributed by atoms with van der Waals surface area (Å²) in [5, 5.41) is 0.754. The Hall–Kier alpha value is -2.08. The van der Waals surface area contributed by atoms with Gasteiger partial charge in [-0.2, -0.15) is 4.98 Å². The van der Waals surface area contributed by atoms with Crippen LogP contribution >= 0.6 is 0 Å². The van der Waals surface area contributed by atoms with Crippen molar-refractivity contribution < 1.29 is 4.74 Å². The molecule has 0 amide bonds. The molecule has 1 aliphatic heterocycles. The Balaban J connectivity index is 1.63. The third kappa shape index (κ3) is 3.87. The summed E-state index contributed by atoms with van der Waals surface area (Å²) in [6.45, 7) is 8.75. The van der Waals surface area contributed by atoms with Crippen molar-refractivity contribution in [1.29, 1.82) is 0 Å². The predicted molar refractivity (Wildman–Crippen MR) is 97.9 cm³/mol. The highest BCUT2D eigenvalue weighted by molar-refractivity contribution is 5.94. The third-order valence-corrected chi connectivity index (χ3v) is 4.54. The molecule has 6 heteroatoms. The number of benzene rings is 1. The first-order valence-electron chi connectivity index (χ1n) is 8.69. The number of likely N-dealkylation sites (tertiary alicyclic amines) is 1. The molecule has 0 saturated carbocycles. The van der Waals surface area contributed by atoms with Crippen molar-refractivity contribution in [2.75, 3.05) is 37.7 Å². The van der Waals surface area contributed by atoms with Crippen LogP contribution in [-0.2, 0) is 0 Å². The van der Waals surface area contributed by atoms with E-state index in [1.165, 1.54) is 19.4 Å². The van der Waals surface area contributed by atoms with Crippen LogP contribution in [0, 0.1) is 11.8 Å². The van der Waals surface area contributed by atoms with Crippen LogP contribution in [0.3, 0.4) is 0 Å². The van der Waals surface area contributed by atoms with Gasteiger partial charge in [0.2, 0.25) is 5.95 Å². The molecule has 1 aliphatic rings. The van der Waals surface area contributed by atoms with Crippen molar-refractivity contribution in [3.8, 4) is 5.75 Å². The quantitative estimate of drug-likeness (QED) is 0.876. The van der Waals surface area contributed by atoms with Gasteiger partial charge in [0.25, 0.3) is 0 Å². The van der Waals surface area contributed by atoms with Crippen molar-refractivity contribution in [2.45, 2.75) is 26.7 Å². The molecule has 0 spiro atoms. The lowest BCUT2D eigenvalue weighted by atomic mass is 9.97. The molecule has 0 unspecified atom stereocenters.